The summed E-state index contributed by atoms with van der Waals surface area (Å²) in [4.78, 5) is 49.2. The van der Waals surface area contributed by atoms with Gasteiger partial charge in [-0.3, -0.25) is 19.3 Å². The van der Waals surface area contributed by atoms with Crippen LogP contribution in [0.4, 0.5) is 0 Å². The van der Waals surface area contributed by atoms with Crippen molar-refractivity contribution >= 4 is 47.3 Å². The van der Waals surface area contributed by atoms with Crippen LogP contribution < -0.4 is 10.1 Å². The monoisotopic (exact) mass is 519 g/mol. The molecule has 1 aromatic heterocycles. The molecule has 1 fully saturated rings. The number of hydrogen-bond acceptors (Lipinski definition) is 9. The van der Waals surface area contributed by atoms with E-state index in [0.29, 0.717) is 22.2 Å². The molecule has 0 radical (unpaired) electrons. The number of aromatic nitrogens is 3. The van der Waals surface area contributed by atoms with E-state index in [1.807, 2.05) is 6.07 Å². The summed E-state index contributed by atoms with van der Waals surface area (Å²) in [6.07, 6.45) is -0.281. The highest BCUT2D eigenvalue weighted by Crippen LogP contribution is 2.41. The van der Waals surface area contributed by atoms with Gasteiger partial charge in [-0.1, -0.05) is 30.0 Å². The fourth-order valence-corrected chi connectivity index (χ4v) is 6.00. The first-order chi connectivity index (χ1) is 16.8. The van der Waals surface area contributed by atoms with E-state index in [9.17, 15) is 24.3 Å². The normalized spacial score (nSPS) is 19.1. The Morgan fingerprint density at radius 1 is 1.23 bits per heavy atom. The van der Waals surface area contributed by atoms with Crippen molar-refractivity contribution in [3.63, 3.8) is 0 Å². The largest absolute Gasteiger partial charge is 0.484 e. The SMILES string of the molecule is Cn1c(CC(=O)O)nnc1SCC1=C(C(=O)O)N2C(=O)C(NC(=O)COc3ccccc3)[C@@H]2SC1. The number of aliphatic carboxylic acids is 2. The molecular weight excluding hydrogens is 498 g/mol. The van der Waals surface area contributed by atoms with Gasteiger partial charge >= 0.3 is 11.9 Å². The van der Waals surface area contributed by atoms with Crippen LogP contribution in [0, 0.1) is 0 Å². The highest BCUT2D eigenvalue weighted by molar-refractivity contribution is 8.01. The van der Waals surface area contributed by atoms with Crippen LogP contribution in [0.1, 0.15) is 5.82 Å². The third-order valence-electron chi connectivity index (χ3n) is 5.29. The number of nitrogens with zero attached hydrogens (tertiary/aromatic N) is 4. The summed E-state index contributed by atoms with van der Waals surface area (Å²) in [7, 11) is 1.63. The molecule has 1 saturated heterocycles. The fourth-order valence-electron chi connectivity index (χ4n) is 3.59. The van der Waals surface area contributed by atoms with Crippen LogP contribution in [0.5, 0.6) is 5.75 Å². The summed E-state index contributed by atoms with van der Waals surface area (Å²) in [5.41, 5.74) is 0.419. The molecule has 2 aromatic rings. The Hall–Kier alpha value is -3.52. The molecule has 1 unspecified atom stereocenters. The van der Waals surface area contributed by atoms with E-state index < -0.39 is 35.2 Å². The zero-order valence-corrected chi connectivity index (χ0v) is 20.0. The molecule has 12 nitrogen and oxygen atoms in total. The van der Waals surface area contributed by atoms with Gasteiger partial charge in [0.25, 0.3) is 11.8 Å². The van der Waals surface area contributed by atoms with Gasteiger partial charge in [-0.25, -0.2) is 4.79 Å². The van der Waals surface area contributed by atoms with Gasteiger partial charge in [0.15, 0.2) is 11.8 Å². The topological polar surface area (TPSA) is 164 Å². The summed E-state index contributed by atoms with van der Waals surface area (Å²) in [6, 6.07) is 7.94. The predicted molar refractivity (Wildman–Crippen MR) is 125 cm³/mol. The van der Waals surface area contributed by atoms with E-state index in [1.54, 1.807) is 31.3 Å². The molecule has 2 amide bonds. The van der Waals surface area contributed by atoms with E-state index in [2.05, 4.69) is 15.5 Å². The van der Waals surface area contributed by atoms with E-state index in [1.165, 1.54) is 33.0 Å². The fraction of sp³-hybridized carbons (Fsp3) is 0.333. The lowest BCUT2D eigenvalue weighted by Crippen LogP contribution is -2.70. The summed E-state index contributed by atoms with van der Waals surface area (Å²) in [5, 5.41) is 29.1. The summed E-state index contributed by atoms with van der Waals surface area (Å²) >= 11 is 2.56. The van der Waals surface area contributed by atoms with E-state index in [-0.39, 0.29) is 30.3 Å². The molecule has 2 aliphatic heterocycles. The van der Waals surface area contributed by atoms with Crippen LogP contribution in [0.15, 0.2) is 46.8 Å². The van der Waals surface area contributed by atoms with Gasteiger partial charge in [0.05, 0.1) is 0 Å². The van der Waals surface area contributed by atoms with Crippen molar-refractivity contribution in [1.82, 2.24) is 25.0 Å². The number of nitrogens with one attached hydrogen (secondary N) is 1. The second-order valence-electron chi connectivity index (χ2n) is 7.63. The van der Waals surface area contributed by atoms with Crippen molar-refractivity contribution in [3.8, 4) is 5.75 Å². The number of para-hydroxylation sites is 1. The van der Waals surface area contributed by atoms with Crippen molar-refractivity contribution in [1.29, 1.82) is 0 Å². The maximum atomic E-state index is 12.8. The molecule has 0 bridgehead atoms. The zero-order valence-electron chi connectivity index (χ0n) is 18.4. The van der Waals surface area contributed by atoms with Crippen LogP contribution in [-0.4, -0.2) is 83.2 Å². The Morgan fingerprint density at radius 2 is 1.97 bits per heavy atom. The second kappa shape index (κ2) is 10.4. The van der Waals surface area contributed by atoms with Crippen LogP contribution in [0.2, 0.25) is 0 Å². The molecule has 35 heavy (non-hydrogen) atoms. The lowest BCUT2D eigenvalue weighted by Gasteiger charge is -2.49. The molecule has 14 heteroatoms. The second-order valence-corrected chi connectivity index (χ2v) is 9.68. The third kappa shape index (κ3) is 5.27. The van der Waals surface area contributed by atoms with Crippen molar-refractivity contribution in [2.45, 2.75) is 23.0 Å². The van der Waals surface area contributed by atoms with E-state index in [4.69, 9.17) is 9.84 Å². The Balaban J connectivity index is 1.39. The molecule has 3 heterocycles. The minimum atomic E-state index is -1.24. The minimum Gasteiger partial charge on any atom is -0.484 e. The molecule has 2 aliphatic rings. The van der Waals surface area contributed by atoms with Gasteiger partial charge in [0.2, 0.25) is 0 Å². The van der Waals surface area contributed by atoms with Gasteiger partial charge in [0.1, 0.15) is 35.1 Å². The van der Waals surface area contributed by atoms with Crippen molar-refractivity contribution in [2.75, 3.05) is 18.1 Å². The zero-order chi connectivity index (χ0) is 25.1. The number of carbonyl (C=O) groups is 4. The number of ether oxygens (including phenoxy) is 1. The smallest absolute Gasteiger partial charge is 0.352 e. The lowest BCUT2D eigenvalue weighted by molar-refractivity contribution is -0.150. The highest BCUT2D eigenvalue weighted by atomic mass is 32.2. The van der Waals surface area contributed by atoms with Gasteiger partial charge in [-0.05, 0) is 17.7 Å². The summed E-state index contributed by atoms with van der Waals surface area (Å²) in [5.74, 6) is -1.88. The number of fused-ring (bicyclic) bond motifs is 1. The number of thioether (sulfide) groups is 2. The molecule has 3 N–H and O–H groups in total. The first kappa shape index (κ1) is 24.6. The number of carbonyl (C=O) groups excluding carboxylic acids is 2. The minimum absolute atomic E-state index is 0.106. The lowest BCUT2D eigenvalue weighted by atomic mass is 10.0. The maximum absolute atomic E-state index is 12.8. The number of hydrogen-bond donors (Lipinski definition) is 3. The molecule has 4 rings (SSSR count). The van der Waals surface area contributed by atoms with Crippen molar-refractivity contribution in [3.05, 3.63) is 47.4 Å². The molecule has 0 spiro atoms. The van der Waals surface area contributed by atoms with Crippen LogP contribution >= 0.6 is 23.5 Å². The average Bonchev–Trinajstić information content (AvgIpc) is 3.18. The Labute approximate surface area is 207 Å². The molecule has 184 valence electrons. The predicted octanol–water partition coefficient (Wildman–Crippen LogP) is 0.352. The Kier molecular flexibility index (Phi) is 7.31. The number of carboxylic acid groups (broad SMARTS) is 2. The van der Waals surface area contributed by atoms with Crippen LogP contribution in [0.25, 0.3) is 0 Å². The first-order valence-electron chi connectivity index (χ1n) is 10.4. The first-order valence-corrected chi connectivity index (χ1v) is 12.4. The van der Waals surface area contributed by atoms with Gasteiger partial charge < -0.3 is 24.8 Å². The molecule has 1 aromatic carbocycles. The highest BCUT2D eigenvalue weighted by Gasteiger charge is 2.54. The Bertz CT molecular complexity index is 1200. The van der Waals surface area contributed by atoms with E-state index >= 15 is 0 Å². The van der Waals surface area contributed by atoms with Crippen LogP contribution in [-0.2, 0) is 32.6 Å². The number of amides is 2. The van der Waals surface area contributed by atoms with E-state index in [0.717, 1.165) is 0 Å². The number of carboxylic acids is 2. The molecular formula is C21H21N5O7S2. The average molecular weight is 520 g/mol. The van der Waals surface area contributed by atoms with Gasteiger partial charge in [-0.2, -0.15) is 0 Å². The van der Waals surface area contributed by atoms with Gasteiger partial charge in [0, 0.05) is 18.6 Å². The van der Waals surface area contributed by atoms with Crippen LogP contribution in [0.3, 0.4) is 0 Å². The summed E-state index contributed by atoms with van der Waals surface area (Å²) < 4.78 is 6.93. The van der Waals surface area contributed by atoms with Gasteiger partial charge in [-0.15, -0.1) is 22.0 Å². The van der Waals surface area contributed by atoms with Crippen molar-refractivity contribution < 1.29 is 34.1 Å². The standard InChI is InChI=1S/C21H21N5O7S2/c1-25-13(7-15(28)29)23-24-21(25)35-10-11-9-34-19-16(18(30)26(19)17(11)20(31)32)22-14(27)8-33-12-5-3-2-4-6-12/h2-6,16,19H,7-10H2,1H3,(H,22,27)(H,28,29)(H,31,32)/t16?,19-/m0/s1. The van der Waals surface area contributed by atoms with Crippen molar-refractivity contribution in [2.24, 2.45) is 7.05 Å². The number of benzene rings is 1. The quantitative estimate of drug-likeness (QED) is 0.293. The maximum Gasteiger partial charge on any atom is 0.352 e. The number of β-lactam (4-membered cyclic amide) rings is 1. The molecule has 0 saturated carbocycles. The Morgan fingerprint density at radius 3 is 2.66 bits per heavy atom. The third-order valence-corrected chi connectivity index (χ3v) is 7.74. The number of rotatable bonds is 10. The molecule has 2 atom stereocenters. The summed E-state index contributed by atoms with van der Waals surface area (Å²) in [6.45, 7) is -0.268. The molecule has 0 aliphatic carbocycles.